The van der Waals surface area contributed by atoms with Crippen molar-refractivity contribution in [1.29, 1.82) is 0 Å². The SMILES string of the molecule is CC(C)NC(C(N)=O)C(CNC(=O)OC(C)(C)C)C(C)C. The van der Waals surface area contributed by atoms with Crippen molar-refractivity contribution in [2.75, 3.05) is 6.54 Å². The molecule has 0 saturated heterocycles. The Hall–Kier alpha value is -1.30. The number of ether oxygens (including phenoxy) is 1. The van der Waals surface area contributed by atoms with Gasteiger partial charge < -0.3 is 21.1 Å². The summed E-state index contributed by atoms with van der Waals surface area (Å²) in [6, 6.07) is -0.356. The average molecular weight is 301 g/mol. The number of primary amides is 1. The number of amides is 2. The van der Waals surface area contributed by atoms with E-state index in [-0.39, 0.29) is 17.9 Å². The van der Waals surface area contributed by atoms with Crippen LogP contribution in [0.1, 0.15) is 48.5 Å². The van der Waals surface area contributed by atoms with Gasteiger partial charge in [-0.15, -0.1) is 0 Å². The van der Waals surface area contributed by atoms with Gasteiger partial charge in [-0.3, -0.25) is 4.79 Å². The van der Waals surface area contributed by atoms with E-state index in [0.29, 0.717) is 6.54 Å². The third-order valence-corrected chi connectivity index (χ3v) is 2.98. The molecule has 0 radical (unpaired) electrons. The molecule has 2 unspecified atom stereocenters. The van der Waals surface area contributed by atoms with Crippen LogP contribution in [0.3, 0.4) is 0 Å². The summed E-state index contributed by atoms with van der Waals surface area (Å²) in [5, 5.41) is 5.89. The lowest BCUT2D eigenvalue weighted by Crippen LogP contribution is -2.53. The molecule has 0 spiro atoms. The summed E-state index contributed by atoms with van der Waals surface area (Å²) in [5.74, 6) is -0.325. The zero-order chi connectivity index (χ0) is 16.8. The molecule has 0 bridgehead atoms. The van der Waals surface area contributed by atoms with Crippen LogP contribution < -0.4 is 16.4 Å². The molecule has 21 heavy (non-hydrogen) atoms. The minimum Gasteiger partial charge on any atom is -0.444 e. The minimum absolute atomic E-state index is 0.0996. The van der Waals surface area contributed by atoms with Gasteiger partial charge in [0.2, 0.25) is 5.91 Å². The van der Waals surface area contributed by atoms with E-state index in [0.717, 1.165) is 0 Å². The normalized spacial score (nSPS) is 14.9. The molecule has 0 heterocycles. The van der Waals surface area contributed by atoms with Gasteiger partial charge in [-0.25, -0.2) is 4.79 Å². The Morgan fingerprint density at radius 1 is 1.14 bits per heavy atom. The predicted octanol–water partition coefficient (Wildman–Crippen LogP) is 1.64. The highest BCUT2D eigenvalue weighted by molar-refractivity contribution is 5.80. The van der Waals surface area contributed by atoms with Gasteiger partial charge in [-0.2, -0.15) is 0 Å². The van der Waals surface area contributed by atoms with Crippen molar-refractivity contribution in [3.05, 3.63) is 0 Å². The Balaban J connectivity index is 4.74. The molecular weight excluding hydrogens is 270 g/mol. The number of nitrogens with one attached hydrogen (secondary N) is 2. The molecule has 6 heteroatoms. The van der Waals surface area contributed by atoms with Gasteiger partial charge in [0.15, 0.2) is 0 Å². The minimum atomic E-state index is -0.545. The van der Waals surface area contributed by atoms with Crippen LogP contribution in [-0.2, 0) is 9.53 Å². The molecule has 0 aromatic rings. The maximum absolute atomic E-state index is 11.7. The smallest absolute Gasteiger partial charge is 0.407 e. The maximum atomic E-state index is 11.7. The first-order chi connectivity index (χ1) is 9.44. The Morgan fingerprint density at radius 2 is 1.67 bits per heavy atom. The van der Waals surface area contributed by atoms with E-state index in [9.17, 15) is 9.59 Å². The van der Waals surface area contributed by atoms with Gasteiger partial charge in [0, 0.05) is 18.5 Å². The largest absolute Gasteiger partial charge is 0.444 e. The van der Waals surface area contributed by atoms with E-state index in [4.69, 9.17) is 10.5 Å². The van der Waals surface area contributed by atoms with E-state index in [1.165, 1.54) is 0 Å². The highest BCUT2D eigenvalue weighted by atomic mass is 16.6. The first-order valence-electron chi connectivity index (χ1n) is 7.46. The fourth-order valence-electron chi connectivity index (χ4n) is 2.03. The Labute approximate surface area is 128 Å². The summed E-state index contributed by atoms with van der Waals surface area (Å²) in [5.41, 5.74) is 4.94. The lowest BCUT2D eigenvalue weighted by atomic mass is 9.87. The molecule has 0 aliphatic carbocycles. The Kier molecular flexibility index (Phi) is 7.71. The van der Waals surface area contributed by atoms with Gasteiger partial charge in [0.05, 0.1) is 6.04 Å². The van der Waals surface area contributed by atoms with Gasteiger partial charge in [0.1, 0.15) is 5.60 Å². The van der Waals surface area contributed by atoms with E-state index in [1.54, 1.807) is 20.8 Å². The zero-order valence-electron chi connectivity index (χ0n) is 14.3. The highest BCUT2D eigenvalue weighted by Crippen LogP contribution is 2.16. The van der Waals surface area contributed by atoms with Crippen LogP contribution in [0, 0.1) is 11.8 Å². The van der Waals surface area contributed by atoms with Crippen molar-refractivity contribution in [2.24, 2.45) is 17.6 Å². The lowest BCUT2D eigenvalue weighted by molar-refractivity contribution is -0.122. The number of hydrogen-bond acceptors (Lipinski definition) is 4. The fraction of sp³-hybridized carbons (Fsp3) is 0.867. The van der Waals surface area contributed by atoms with Crippen molar-refractivity contribution in [1.82, 2.24) is 10.6 Å². The van der Waals surface area contributed by atoms with Crippen LogP contribution in [0.4, 0.5) is 4.79 Å². The lowest BCUT2D eigenvalue weighted by Gasteiger charge is -2.31. The van der Waals surface area contributed by atoms with Crippen LogP contribution in [0.5, 0.6) is 0 Å². The van der Waals surface area contributed by atoms with E-state index in [1.807, 2.05) is 27.7 Å². The van der Waals surface area contributed by atoms with Gasteiger partial charge in [0.25, 0.3) is 0 Å². The molecule has 0 aliphatic rings. The van der Waals surface area contributed by atoms with Gasteiger partial charge >= 0.3 is 6.09 Å². The molecule has 0 saturated carbocycles. The average Bonchev–Trinajstić information content (AvgIpc) is 2.23. The van der Waals surface area contributed by atoms with Crippen molar-refractivity contribution < 1.29 is 14.3 Å². The summed E-state index contributed by atoms with van der Waals surface area (Å²) >= 11 is 0. The molecule has 0 aliphatic heterocycles. The Morgan fingerprint density at radius 3 is 2.00 bits per heavy atom. The topological polar surface area (TPSA) is 93.5 Å². The monoisotopic (exact) mass is 301 g/mol. The molecule has 0 fully saturated rings. The molecule has 4 N–H and O–H groups in total. The number of carbonyl (C=O) groups is 2. The fourth-order valence-corrected chi connectivity index (χ4v) is 2.03. The second-order valence-corrected chi connectivity index (χ2v) is 6.99. The number of hydrogen-bond donors (Lipinski definition) is 3. The van der Waals surface area contributed by atoms with Crippen molar-refractivity contribution >= 4 is 12.0 Å². The van der Waals surface area contributed by atoms with Crippen LogP contribution in [0.15, 0.2) is 0 Å². The molecule has 2 amide bonds. The third-order valence-electron chi connectivity index (χ3n) is 2.98. The van der Waals surface area contributed by atoms with Crippen LogP contribution >= 0.6 is 0 Å². The van der Waals surface area contributed by atoms with Crippen LogP contribution in [-0.4, -0.2) is 36.2 Å². The zero-order valence-corrected chi connectivity index (χ0v) is 14.3. The van der Waals surface area contributed by atoms with E-state index >= 15 is 0 Å². The second kappa shape index (κ2) is 8.22. The first-order valence-corrected chi connectivity index (χ1v) is 7.46. The molecule has 0 aromatic carbocycles. The third kappa shape index (κ3) is 8.55. The van der Waals surface area contributed by atoms with Crippen molar-refractivity contribution in [3.8, 4) is 0 Å². The second-order valence-electron chi connectivity index (χ2n) is 6.99. The molecule has 2 atom stereocenters. The quantitative estimate of drug-likeness (QED) is 0.666. The van der Waals surface area contributed by atoms with Crippen LogP contribution in [0.25, 0.3) is 0 Å². The molecule has 0 rings (SSSR count). The van der Waals surface area contributed by atoms with Gasteiger partial charge in [-0.1, -0.05) is 27.7 Å². The predicted molar refractivity (Wildman–Crippen MR) is 83.8 cm³/mol. The maximum Gasteiger partial charge on any atom is 0.407 e. The van der Waals surface area contributed by atoms with Crippen molar-refractivity contribution in [3.63, 3.8) is 0 Å². The summed E-state index contributed by atoms with van der Waals surface area (Å²) in [6.45, 7) is 13.7. The van der Waals surface area contributed by atoms with E-state index < -0.39 is 23.6 Å². The van der Waals surface area contributed by atoms with Crippen LogP contribution in [0.2, 0.25) is 0 Å². The molecule has 6 nitrogen and oxygen atoms in total. The molecular formula is C15H31N3O3. The highest BCUT2D eigenvalue weighted by Gasteiger charge is 2.30. The first kappa shape index (κ1) is 19.7. The van der Waals surface area contributed by atoms with E-state index in [2.05, 4.69) is 10.6 Å². The van der Waals surface area contributed by atoms with Crippen molar-refractivity contribution in [2.45, 2.75) is 66.2 Å². The number of rotatable bonds is 7. The summed E-state index contributed by atoms with van der Waals surface area (Å²) < 4.78 is 5.20. The summed E-state index contributed by atoms with van der Waals surface area (Å²) in [4.78, 5) is 23.4. The summed E-state index contributed by atoms with van der Waals surface area (Å²) in [6.07, 6.45) is -0.485. The number of alkyl carbamates (subject to hydrolysis) is 1. The Bertz CT molecular complexity index is 349. The molecule has 0 aromatic heterocycles. The summed E-state index contributed by atoms with van der Waals surface area (Å²) in [7, 11) is 0. The molecule has 124 valence electrons. The number of nitrogens with two attached hydrogens (primary N) is 1. The number of carbonyl (C=O) groups excluding carboxylic acids is 2. The van der Waals surface area contributed by atoms with Gasteiger partial charge in [-0.05, 0) is 26.7 Å². The standard InChI is InChI=1S/C15H31N3O3/c1-9(2)11(12(13(16)19)18-10(3)4)8-17-14(20)21-15(5,6)7/h9-12,18H,8H2,1-7H3,(H2,16,19)(H,17,20).